The normalized spacial score (nSPS) is 10.3. The summed E-state index contributed by atoms with van der Waals surface area (Å²) in [5.41, 5.74) is 0.707. The Morgan fingerprint density at radius 1 is 1.08 bits per heavy atom. The van der Waals surface area contributed by atoms with Crippen LogP contribution in [0.15, 0.2) is 58.3 Å². The summed E-state index contributed by atoms with van der Waals surface area (Å²) in [5.74, 6) is 0.0404. The number of carbonyl (C=O) groups excluding carboxylic acids is 2. The van der Waals surface area contributed by atoms with Crippen LogP contribution >= 0.6 is 34.4 Å². The number of aromatic nitrogens is 1. The molecule has 0 radical (unpaired) electrons. The number of hydrogen-bond acceptors (Lipinski definition) is 6. The maximum atomic E-state index is 12.1. The maximum absolute atomic E-state index is 12.1. The van der Waals surface area contributed by atoms with E-state index in [0.717, 1.165) is 4.90 Å². The lowest BCUT2D eigenvalue weighted by molar-refractivity contribution is -0.113. The molecule has 0 saturated heterocycles. The monoisotopic (exact) mass is 375 g/mol. The summed E-state index contributed by atoms with van der Waals surface area (Å²) in [7, 11) is 0. The number of thioether (sulfide) groups is 1. The van der Waals surface area contributed by atoms with Crippen LogP contribution in [0.4, 0.5) is 10.8 Å². The van der Waals surface area contributed by atoms with Crippen molar-refractivity contribution in [2.75, 3.05) is 16.4 Å². The molecule has 0 bridgehead atoms. The highest BCUT2D eigenvalue weighted by Crippen LogP contribution is 2.23. The van der Waals surface area contributed by atoms with Gasteiger partial charge in [-0.05, 0) is 29.6 Å². The summed E-state index contributed by atoms with van der Waals surface area (Å²) in [4.78, 5) is 29.5. The van der Waals surface area contributed by atoms with Crippen LogP contribution in [0.2, 0.25) is 0 Å². The molecular formula is C16H13N3O2S3. The maximum Gasteiger partial charge on any atom is 0.265 e. The smallest absolute Gasteiger partial charge is 0.265 e. The number of thiazole rings is 1. The zero-order valence-electron chi connectivity index (χ0n) is 12.4. The first-order valence-electron chi connectivity index (χ1n) is 6.98. The second-order valence-corrected chi connectivity index (χ2v) is 7.52. The number of carbonyl (C=O) groups is 2. The highest BCUT2D eigenvalue weighted by molar-refractivity contribution is 8.00. The van der Waals surface area contributed by atoms with Crippen molar-refractivity contribution < 1.29 is 9.59 Å². The Hall–Kier alpha value is -2.16. The molecule has 3 aromatic rings. The van der Waals surface area contributed by atoms with Crippen molar-refractivity contribution in [3.8, 4) is 0 Å². The van der Waals surface area contributed by atoms with Gasteiger partial charge in [-0.2, -0.15) is 0 Å². The number of rotatable bonds is 6. The van der Waals surface area contributed by atoms with Gasteiger partial charge in [-0.3, -0.25) is 9.59 Å². The van der Waals surface area contributed by atoms with Crippen LogP contribution in [0.25, 0.3) is 0 Å². The first-order valence-corrected chi connectivity index (χ1v) is 9.72. The molecule has 2 aromatic heterocycles. The molecule has 0 fully saturated rings. The van der Waals surface area contributed by atoms with Gasteiger partial charge in [-0.15, -0.1) is 34.4 Å². The Morgan fingerprint density at radius 3 is 2.75 bits per heavy atom. The molecule has 0 aliphatic rings. The molecule has 122 valence electrons. The highest BCUT2D eigenvalue weighted by atomic mass is 32.2. The molecule has 0 atom stereocenters. The first kappa shape index (κ1) is 16.7. The van der Waals surface area contributed by atoms with Crippen molar-refractivity contribution in [3.05, 3.63) is 58.2 Å². The molecule has 24 heavy (non-hydrogen) atoms. The van der Waals surface area contributed by atoms with Crippen LogP contribution in [0.1, 0.15) is 9.67 Å². The van der Waals surface area contributed by atoms with E-state index in [-0.39, 0.29) is 17.6 Å². The van der Waals surface area contributed by atoms with Crippen molar-refractivity contribution in [1.82, 2.24) is 4.98 Å². The molecule has 3 rings (SSSR count). The number of nitrogens with one attached hydrogen (secondary N) is 2. The van der Waals surface area contributed by atoms with Gasteiger partial charge < -0.3 is 10.6 Å². The topological polar surface area (TPSA) is 71.1 Å². The second-order valence-electron chi connectivity index (χ2n) is 4.63. The molecule has 2 heterocycles. The van der Waals surface area contributed by atoms with E-state index in [9.17, 15) is 9.59 Å². The summed E-state index contributed by atoms with van der Waals surface area (Å²) in [6.45, 7) is 0. The van der Waals surface area contributed by atoms with E-state index in [2.05, 4.69) is 15.6 Å². The lowest BCUT2D eigenvalue weighted by atomic mass is 10.3. The number of benzene rings is 1. The molecular weight excluding hydrogens is 362 g/mol. The average Bonchev–Trinajstić information content (AvgIpc) is 3.27. The van der Waals surface area contributed by atoms with Gasteiger partial charge in [0.05, 0.1) is 10.6 Å². The summed E-state index contributed by atoms with van der Waals surface area (Å²) < 4.78 is 0. The molecule has 2 N–H and O–H groups in total. The Bertz CT molecular complexity index is 817. The van der Waals surface area contributed by atoms with Crippen molar-refractivity contribution in [1.29, 1.82) is 0 Å². The summed E-state index contributed by atoms with van der Waals surface area (Å²) >= 11 is 4.18. The SMILES string of the molecule is O=C(CSc1cccc(NC(=O)c2cccs2)c1)Nc1nccs1. The number of anilines is 2. The van der Waals surface area contributed by atoms with Crippen LogP contribution in [0.3, 0.4) is 0 Å². The Kier molecular flexibility index (Phi) is 5.63. The van der Waals surface area contributed by atoms with Crippen LogP contribution in [-0.4, -0.2) is 22.6 Å². The van der Waals surface area contributed by atoms with E-state index < -0.39 is 0 Å². The minimum absolute atomic E-state index is 0.108. The fraction of sp³-hybridized carbons (Fsp3) is 0.0625. The molecule has 0 aliphatic heterocycles. The number of nitrogens with zero attached hydrogens (tertiary/aromatic N) is 1. The van der Waals surface area contributed by atoms with E-state index in [1.807, 2.05) is 41.1 Å². The van der Waals surface area contributed by atoms with Gasteiger partial charge in [0, 0.05) is 22.2 Å². The average molecular weight is 376 g/mol. The van der Waals surface area contributed by atoms with E-state index in [1.165, 1.54) is 34.4 Å². The van der Waals surface area contributed by atoms with Crippen LogP contribution in [0.5, 0.6) is 0 Å². The van der Waals surface area contributed by atoms with Gasteiger partial charge in [0.1, 0.15) is 0 Å². The molecule has 0 spiro atoms. The third kappa shape index (κ3) is 4.67. The molecule has 0 saturated carbocycles. The second kappa shape index (κ2) is 8.09. The third-order valence-electron chi connectivity index (χ3n) is 2.89. The zero-order valence-corrected chi connectivity index (χ0v) is 14.8. The van der Waals surface area contributed by atoms with E-state index >= 15 is 0 Å². The highest BCUT2D eigenvalue weighted by Gasteiger charge is 2.08. The Balaban J connectivity index is 1.55. The van der Waals surface area contributed by atoms with Crippen LogP contribution < -0.4 is 10.6 Å². The lowest BCUT2D eigenvalue weighted by Gasteiger charge is -2.06. The minimum Gasteiger partial charge on any atom is -0.321 e. The molecule has 2 amide bonds. The lowest BCUT2D eigenvalue weighted by Crippen LogP contribution is -2.13. The largest absolute Gasteiger partial charge is 0.321 e. The van der Waals surface area contributed by atoms with Gasteiger partial charge in [0.25, 0.3) is 5.91 Å². The standard InChI is InChI=1S/C16H13N3O2S3/c20-14(19-16-17-6-8-23-16)10-24-12-4-1-3-11(9-12)18-15(21)13-5-2-7-22-13/h1-9H,10H2,(H,18,21)(H,17,19,20). The van der Waals surface area contributed by atoms with E-state index in [0.29, 0.717) is 15.7 Å². The van der Waals surface area contributed by atoms with Gasteiger partial charge in [-0.25, -0.2) is 4.98 Å². The molecule has 5 nitrogen and oxygen atoms in total. The molecule has 0 aliphatic carbocycles. The quantitative estimate of drug-likeness (QED) is 0.634. The van der Waals surface area contributed by atoms with Gasteiger partial charge in [0.2, 0.25) is 5.91 Å². The summed E-state index contributed by atoms with van der Waals surface area (Å²) in [6, 6.07) is 11.1. The van der Waals surface area contributed by atoms with Crippen molar-refractivity contribution in [2.24, 2.45) is 0 Å². The summed E-state index contributed by atoms with van der Waals surface area (Å²) in [6.07, 6.45) is 1.65. The Labute approximate surface area is 151 Å². The third-order valence-corrected chi connectivity index (χ3v) is 5.44. The minimum atomic E-state index is -0.131. The van der Waals surface area contributed by atoms with Gasteiger partial charge in [-0.1, -0.05) is 12.1 Å². The number of hydrogen-bond donors (Lipinski definition) is 2. The van der Waals surface area contributed by atoms with Crippen LogP contribution in [-0.2, 0) is 4.79 Å². The Morgan fingerprint density at radius 2 is 2.00 bits per heavy atom. The fourth-order valence-corrected chi connectivity index (χ4v) is 3.77. The zero-order chi connectivity index (χ0) is 16.8. The molecule has 8 heteroatoms. The number of amides is 2. The van der Waals surface area contributed by atoms with Crippen molar-refractivity contribution in [2.45, 2.75) is 4.90 Å². The molecule has 1 aromatic carbocycles. The van der Waals surface area contributed by atoms with E-state index in [1.54, 1.807) is 12.3 Å². The number of thiophene rings is 1. The van der Waals surface area contributed by atoms with Gasteiger partial charge >= 0.3 is 0 Å². The first-order chi connectivity index (χ1) is 11.7. The summed E-state index contributed by atoms with van der Waals surface area (Å²) in [5, 5.41) is 9.86. The fourth-order valence-electron chi connectivity index (χ4n) is 1.85. The predicted octanol–water partition coefficient (Wildman–Crippen LogP) is 4.19. The van der Waals surface area contributed by atoms with Gasteiger partial charge in [0.15, 0.2) is 5.13 Å². The predicted molar refractivity (Wildman–Crippen MR) is 100 cm³/mol. The molecule has 0 unspecified atom stereocenters. The van der Waals surface area contributed by atoms with Crippen LogP contribution in [0, 0.1) is 0 Å². The van der Waals surface area contributed by atoms with Crippen molar-refractivity contribution >= 4 is 57.1 Å². The van der Waals surface area contributed by atoms with E-state index in [4.69, 9.17) is 0 Å². The van der Waals surface area contributed by atoms with Crippen molar-refractivity contribution in [3.63, 3.8) is 0 Å².